The second-order valence-electron chi connectivity index (χ2n) is 6.16. The van der Waals surface area contributed by atoms with Crippen LogP contribution in [0.3, 0.4) is 0 Å². The molecule has 2 N–H and O–H groups in total. The van der Waals surface area contributed by atoms with E-state index in [-0.39, 0.29) is 5.91 Å². The molecular weight excluding hydrogens is 260 g/mol. The van der Waals surface area contributed by atoms with Crippen LogP contribution in [0.5, 0.6) is 0 Å². The lowest BCUT2D eigenvalue weighted by Crippen LogP contribution is -2.30. The normalized spacial score (nSPS) is 18.5. The van der Waals surface area contributed by atoms with Gasteiger partial charge in [-0.25, -0.2) is 0 Å². The average Bonchev–Trinajstić information content (AvgIpc) is 2.81. The molecule has 0 atom stereocenters. The van der Waals surface area contributed by atoms with E-state index in [1.807, 2.05) is 24.4 Å². The number of carbonyl (C=O) groups excluding carboxylic acids is 1. The fraction of sp³-hybridized carbons (Fsp3) is 0.500. The number of amides is 1. The summed E-state index contributed by atoms with van der Waals surface area (Å²) in [5, 5.41) is 6.34. The van der Waals surface area contributed by atoms with Crippen LogP contribution in [0.4, 0.5) is 0 Å². The third-order valence-electron chi connectivity index (χ3n) is 4.63. The van der Waals surface area contributed by atoms with E-state index < -0.39 is 0 Å². The zero-order chi connectivity index (χ0) is 14.5. The van der Waals surface area contributed by atoms with Crippen molar-refractivity contribution in [3.05, 3.63) is 41.1 Å². The van der Waals surface area contributed by atoms with Crippen molar-refractivity contribution in [1.29, 1.82) is 0 Å². The molecule has 3 nitrogen and oxygen atoms in total. The van der Waals surface area contributed by atoms with Crippen molar-refractivity contribution in [2.75, 3.05) is 6.54 Å². The monoisotopic (exact) mass is 284 g/mol. The number of carbonyl (C=O) groups is 1. The lowest BCUT2D eigenvalue weighted by Gasteiger charge is -2.18. The Kier molecular flexibility index (Phi) is 4.59. The standard InChI is InChI=1S/C18H24N2O/c21-18(20-12-14-6-3-1-2-4-7-14)17-9-5-8-15-13-19-11-10-16(15)17/h5,8-11,14,19H,1-4,6-7,12-13H2,(H,20,21). The molecule has 1 aliphatic heterocycles. The van der Waals surface area contributed by atoms with Gasteiger partial charge in [0, 0.05) is 18.7 Å². The molecule has 2 aliphatic rings. The molecule has 1 aromatic carbocycles. The smallest absolute Gasteiger partial charge is 0.251 e. The zero-order valence-corrected chi connectivity index (χ0v) is 12.5. The largest absolute Gasteiger partial charge is 0.387 e. The number of nitrogens with one attached hydrogen (secondary N) is 2. The maximum atomic E-state index is 12.5. The highest BCUT2D eigenvalue weighted by Crippen LogP contribution is 2.23. The average molecular weight is 284 g/mol. The maximum absolute atomic E-state index is 12.5. The molecule has 0 saturated heterocycles. The molecule has 0 spiro atoms. The van der Waals surface area contributed by atoms with Crippen LogP contribution >= 0.6 is 0 Å². The fourth-order valence-electron chi connectivity index (χ4n) is 3.37. The first-order valence-corrected chi connectivity index (χ1v) is 8.14. The number of hydrogen-bond donors (Lipinski definition) is 2. The summed E-state index contributed by atoms with van der Waals surface area (Å²) in [5.41, 5.74) is 3.06. The molecule has 112 valence electrons. The van der Waals surface area contributed by atoms with E-state index in [0.29, 0.717) is 5.92 Å². The zero-order valence-electron chi connectivity index (χ0n) is 12.5. The number of rotatable bonds is 3. The minimum absolute atomic E-state index is 0.0719. The summed E-state index contributed by atoms with van der Waals surface area (Å²) >= 11 is 0. The first-order valence-electron chi connectivity index (χ1n) is 8.14. The molecule has 0 bridgehead atoms. The van der Waals surface area contributed by atoms with Gasteiger partial charge in [-0.1, -0.05) is 37.8 Å². The number of hydrogen-bond acceptors (Lipinski definition) is 2. The molecular formula is C18H24N2O. The van der Waals surface area contributed by atoms with E-state index in [0.717, 1.165) is 24.2 Å². The predicted molar refractivity (Wildman–Crippen MR) is 85.8 cm³/mol. The third-order valence-corrected chi connectivity index (χ3v) is 4.63. The summed E-state index contributed by atoms with van der Waals surface area (Å²) < 4.78 is 0. The highest BCUT2D eigenvalue weighted by molar-refractivity contribution is 5.98. The minimum atomic E-state index is 0.0719. The van der Waals surface area contributed by atoms with Gasteiger partial charge in [0.15, 0.2) is 0 Å². The van der Waals surface area contributed by atoms with Crippen LogP contribution < -0.4 is 10.6 Å². The summed E-state index contributed by atoms with van der Waals surface area (Å²) in [6, 6.07) is 5.98. The SMILES string of the molecule is O=C(NCC1CCCCCC1)c1cccc2c1C=CNC2. The molecule has 1 aliphatic carbocycles. The molecule has 1 fully saturated rings. The first-order chi connectivity index (χ1) is 10.3. The number of fused-ring (bicyclic) bond motifs is 1. The Morgan fingerprint density at radius 1 is 1.19 bits per heavy atom. The molecule has 1 amide bonds. The molecule has 1 aromatic rings. The van der Waals surface area contributed by atoms with Crippen LogP contribution in [-0.4, -0.2) is 12.5 Å². The van der Waals surface area contributed by atoms with Crippen molar-refractivity contribution < 1.29 is 4.79 Å². The maximum Gasteiger partial charge on any atom is 0.251 e. The topological polar surface area (TPSA) is 41.1 Å². The summed E-state index contributed by atoms with van der Waals surface area (Å²) in [7, 11) is 0. The van der Waals surface area contributed by atoms with Gasteiger partial charge in [0.05, 0.1) is 0 Å². The predicted octanol–water partition coefficient (Wildman–Crippen LogP) is 3.46. The van der Waals surface area contributed by atoms with Gasteiger partial charge in [-0.05, 0) is 48.2 Å². The summed E-state index contributed by atoms with van der Waals surface area (Å²) in [4.78, 5) is 12.5. The summed E-state index contributed by atoms with van der Waals surface area (Å²) in [6.45, 7) is 1.63. The molecule has 0 radical (unpaired) electrons. The van der Waals surface area contributed by atoms with Gasteiger partial charge in [0.2, 0.25) is 0 Å². The Bertz CT molecular complexity index is 528. The van der Waals surface area contributed by atoms with Crippen molar-refractivity contribution in [2.24, 2.45) is 5.92 Å². The third kappa shape index (κ3) is 3.46. The van der Waals surface area contributed by atoms with Crippen LogP contribution in [-0.2, 0) is 6.54 Å². The van der Waals surface area contributed by atoms with Gasteiger partial charge in [-0.2, -0.15) is 0 Å². The van der Waals surface area contributed by atoms with Gasteiger partial charge in [0.1, 0.15) is 0 Å². The first kappa shape index (κ1) is 14.2. The van der Waals surface area contributed by atoms with Crippen LogP contribution in [0.25, 0.3) is 6.08 Å². The molecule has 1 heterocycles. The Morgan fingerprint density at radius 2 is 2.00 bits per heavy atom. The summed E-state index contributed by atoms with van der Waals surface area (Å²) in [6.07, 6.45) is 11.8. The van der Waals surface area contributed by atoms with Crippen molar-refractivity contribution in [1.82, 2.24) is 10.6 Å². The van der Waals surface area contributed by atoms with E-state index in [4.69, 9.17) is 0 Å². The lowest BCUT2D eigenvalue weighted by atomic mass is 9.97. The molecule has 1 saturated carbocycles. The van der Waals surface area contributed by atoms with Crippen molar-refractivity contribution in [3.8, 4) is 0 Å². The van der Waals surface area contributed by atoms with E-state index in [2.05, 4.69) is 16.7 Å². The fourth-order valence-corrected chi connectivity index (χ4v) is 3.37. The van der Waals surface area contributed by atoms with Crippen molar-refractivity contribution in [3.63, 3.8) is 0 Å². The van der Waals surface area contributed by atoms with Crippen LogP contribution in [0, 0.1) is 5.92 Å². The van der Waals surface area contributed by atoms with Gasteiger partial charge in [-0.15, -0.1) is 0 Å². The number of benzene rings is 1. The lowest BCUT2D eigenvalue weighted by molar-refractivity contribution is 0.0945. The van der Waals surface area contributed by atoms with Gasteiger partial charge >= 0.3 is 0 Å². The molecule has 21 heavy (non-hydrogen) atoms. The minimum Gasteiger partial charge on any atom is -0.387 e. The van der Waals surface area contributed by atoms with Crippen molar-refractivity contribution >= 4 is 12.0 Å². The second kappa shape index (κ2) is 6.79. The van der Waals surface area contributed by atoms with Gasteiger partial charge in [-0.3, -0.25) is 4.79 Å². The highest BCUT2D eigenvalue weighted by atomic mass is 16.1. The van der Waals surface area contributed by atoms with E-state index >= 15 is 0 Å². The van der Waals surface area contributed by atoms with Gasteiger partial charge in [0.25, 0.3) is 5.91 Å². The van der Waals surface area contributed by atoms with Crippen LogP contribution in [0.15, 0.2) is 24.4 Å². The second-order valence-corrected chi connectivity index (χ2v) is 6.16. The highest BCUT2D eigenvalue weighted by Gasteiger charge is 2.17. The van der Waals surface area contributed by atoms with Crippen LogP contribution in [0.2, 0.25) is 0 Å². The Hall–Kier alpha value is -1.77. The van der Waals surface area contributed by atoms with Gasteiger partial charge < -0.3 is 10.6 Å². The molecule has 3 heteroatoms. The Morgan fingerprint density at radius 3 is 2.81 bits per heavy atom. The van der Waals surface area contributed by atoms with E-state index in [1.54, 1.807) is 0 Å². The molecule has 3 rings (SSSR count). The summed E-state index contributed by atoms with van der Waals surface area (Å²) in [5.74, 6) is 0.732. The Balaban J connectivity index is 1.64. The van der Waals surface area contributed by atoms with E-state index in [9.17, 15) is 4.79 Å². The quantitative estimate of drug-likeness (QED) is 0.835. The van der Waals surface area contributed by atoms with Crippen molar-refractivity contribution in [2.45, 2.75) is 45.1 Å². The Labute approximate surface area is 126 Å². The molecule has 0 aromatic heterocycles. The van der Waals surface area contributed by atoms with Crippen LogP contribution in [0.1, 0.15) is 60.0 Å². The molecule has 0 unspecified atom stereocenters. The van der Waals surface area contributed by atoms with E-state index in [1.165, 1.54) is 44.1 Å².